The number of likely N-dealkylation sites (N-methyl/N-ethyl adjacent to an activating group) is 1. The molecule has 1 aliphatic heterocycles. The van der Waals surface area contributed by atoms with Gasteiger partial charge in [-0.15, -0.1) is 0 Å². The Morgan fingerprint density at radius 1 is 1.80 bits per heavy atom. The number of hydrogen-bond acceptors (Lipinski definition) is 3. The fourth-order valence-corrected chi connectivity index (χ4v) is 2.05. The molecule has 1 fully saturated rings. The smallest absolute Gasteiger partial charge is 0.241 e. The van der Waals surface area contributed by atoms with Crippen molar-refractivity contribution in [3.63, 3.8) is 0 Å². The van der Waals surface area contributed by atoms with Gasteiger partial charge in [-0.25, -0.2) is 0 Å². The van der Waals surface area contributed by atoms with Gasteiger partial charge in [0, 0.05) is 6.20 Å². The van der Waals surface area contributed by atoms with Crippen molar-refractivity contribution in [1.29, 1.82) is 0 Å². The van der Waals surface area contributed by atoms with Crippen LogP contribution in [0, 0.1) is 0 Å². The number of H-pyrrole nitrogens is 1. The van der Waals surface area contributed by atoms with Crippen molar-refractivity contribution < 1.29 is 4.79 Å². The molecule has 1 saturated heterocycles. The first kappa shape index (κ1) is 10.2. The molecular formula is C10H16N4O. The average molecular weight is 208 g/mol. The molecule has 1 aromatic heterocycles. The quantitative estimate of drug-likeness (QED) is 0.773. The van der Waals surface area contributed by atoms with Gasteiger partial charge in [-0.2, -0.15) is 5.10 Å². The normalized spacial score (nSPS) is 21.8. The number of aromatic nitrogens is 2. The van der Waals surface area contributed by atoms with Crippen molar-refractivity contribution in [3.8, 4) is 0 Å². The molecule has 0 bridgehead atoms. The second kappa shape index (κ2) is 4.44. The minimum atomic E-state index is 0.0323. The second-order valence-corrected chi connectivity index (χ2v) is 3.76. The third-order valence-corrected chi connectivity index (χ3v) is 2.84. The Kier molecular flexibility index (Phi) is 3.01. The number of nitrogens with one attached hydrogen (secondary N) is 2. The summed E-state index contributed by atoms with van der Waals surface area (Å²) >= 11 is 0. The van der Waals surface area contributed by atoms with Crippen LogP contribution in [0.25, 0.3) is 0 Å². The zero-order valence-electron chi connectivity index (χ0n) is 8.86. The van der Waals surface area contributed by atoms with E-state index in [-0.39, 0.29) is 11.9 Å². The summed E-state index contributed by atoms with van der Waals surface area (Å²) in [5.74, 6) is 0.0794. The van der Waals surface area contributed by atoms with E-state index in [1.54, 1.807) is 12.4 Å². The van der Waals surface area contributed by atoms with Crippen molar-refractivity contribution in [1.82, 2.24) is 15.1 Å². The highest BCUT2D eigenvalue weighted by Gasteiger charge is 2.29. The number of amides is 1. The van der Waals surface area contributed by atoms with Gasteiger partial charge in [0.1, 0.15) is 0 Å². The standard InChI is InChI=1S/C10H16N4O/c1-2-14-5-3-4-9(14)10(15)13-8-6-11-12-7-8/h6-7,9H,2-5H2,1H3,(H,11,12)(H,13,15)/t9-/m1/s1. The van der Waals surface area contributed by atoms with Crippen LogP contribution in [0.3, 0.4) is 0 Å². The van der Waals surface area contributed by atoms with Crippen LogP contribution >= 0.6 is 0 Å². The van der Waals surface area contributed by atoms with Crippen LogP contribution in [0.2, 0.25) is 0 Å². The molecule has 0 unspecified atom stereocenters. The molecule has 1 amide bonds. The lowest BCUT2D eigenvalue weighted by molar-refractivity contribution is -0.120. The lowest BCUT2D eigenvalue weighted by Crippen LogP contribution is -2.39. The van der Waals surface area contributed by atoms with Crippen LogP contribution in [0.1, 0.15) is 19.8 Å². The van der Waals surface area contributed by atoms with Gasteiger partial charge in [0.15, 0.2) is 0 Å². The Hall–Kier alpha value is -1.36. The van der Waals surface area contributed by atoms with E-state index in [1.165, 1.54) is 0 Å². The van der Waals surface area contributed by atoms with Crippen molar-refractivity contribution in [2.75, 3.05) is 18.4 Å². The predicted molar refractivity (Wildman–Crippen MR) is 57.5 cm³/mol. The van der Waals surface area contributed by atoms with E-state index in [0.29, 0.717) is 0 Å². The Bertz CT molecular complexity index is 322. The summed E-state index contributed by atoms with van der Waals surface area (Å²) in [5, 5.41) is 9.31. The molecule has 2 rings (SSSR count). The van der Waals surface area contributed by atoms with E-state index in [0.717, 1.165) is 31.6 Å². The zero-order chi connectivity index (χ0) is 10.7. The molecule has 1 aliphatic rings. The molecule has 0 saturated carbocycles. The fraction of sp³-hybridized carbons (Fsp3) is 0.600. The average Bonchev–Trinajstić information content (AvgIpc) is 2.86. The Balaban J connectivity index is 1.96. The summed E-state index contributed by atoms with van der Waals surface area (Å²) in [7, 11) is 0. The SMILES string of the molecule is CCN1CCC[C@@H]1C(=O)Nc1cn[nH]c1. The van der Waals surface area contributed by atoms with E-state index >= 15 is 0 Å². The second-order valence-electron chi connectivity index (χ2n) is 3.76. The summed E-state index contributed by atoms with van der Waals surface area (Å²) in [4.78, 5) is 14.1. The first-order chi connectivity index (χ1) is 7.31. The van der Waals surface area contributed by atoms with Crippen molar-refractivity contribution >= 4 is 11.6 Å². The maximum Gasteiger partial charge on any atom is 0.241 e. The maximum absolute atomic E-state index is 11.9. The van der Waals surface area contributed by atoms with Gasteiger partial charge in [-0.1, -0.05) is 6.92 Å². The fourth-order valence-electron chi connectivity index (χ4n) is 2.05. The first-order valence-corrected chi connectivity index (χ1v) is 5.35. The number of carbonyl (C=O) groups excluding carboxylic acids is 1. The van der Waals surface area contributed by atoms with Gasteiger partial charge in [0.2, 0.25) is 5.91 Å². The van der Waals surface area contributed by atoms with Gasteiger partial charge >= 0.3 is 0 Å². The Labute approximate surface area is 88.8 Å². The summed E-state index contributed by atoms with van der Waals surface area (Å²) < 4.78 is 0. The Morgan fingerprint density at radius 3 is 3.33 bits per heavy atom. The molecule has 5 nitrogen and oxygen atoms in total. The monoisotopic (exact) mass is 208 g/mol. The minimum absolute atomic E-state index is 0.0323. The van der Waals surface area contributed by atoms with Gasteiger partial charge in [0.25, 0.3) is 0 Å². The zero-order valence-corrected chi connectivity index (χ0v) is 8.86. The molecule has 15 heavy (non-hydrogen) atoms. The van der Waals surface area contributed by atoms with Crippen LogP contribution in [0.4, 0.5) is 5.69 Å². The molecule has 0 spiro atoms. The summed E-state index contributed by atoms with van der Waals surface area (Å²) in [5.41, 5.74) is 0.739. The molecule has 0 aromatic carbocycles. The van der Waals surface area contributed by atoms with E-state index in [2.05, 4.69) is 27.3 Å². The van der Waals surface area contributed by atoms with E-state index in [4.69, 9.17) is 0 Å². The van der Waals surface area contributed by atoms with Crippen LogP contribution in [-0.4, -0.2) is 40.1 Å². The number of anilines is 1. The minimum Gasteiger partial charge on any atom is -0.322 e. The number of rotatable bonds is 3. The molecule has 1 atom stereocenters. The highest BCUT2D eigenvalue weighted by molar-refractivity contribution is 5.94. The third-order valence-electron chi connectivity index (χ3n) is 2.84. The molecule has 5 heteroatoms. The van der Waals surface area contributed by atoms with Crippen LogP contribution < -0.4 is 5.32 Å². The molecule has 0 radical (unpaired) electrons. The molecule has 2 heterocycles. The largest absolute Gasteiger partial charge is 0.322 e. The van der Waals surface area contributed by atoms with E-state index < -0.39 is 0 Å². The maximum atomic E-state index is 11.9. The van der Waals surface area contributed by atoms with Crippen LogP contribution in [-0.2, 0) is 4.79 Å². The lowest BCUT2D eigenvalue weighted by atomic mass is 10.2. The summed E-state index contributed by atoms with van der Waals surface area (Å²) in [6.07, 6.45) is 5.36. The number of carbonyl (C=O) groups is 1. The molecule has 1 aromatic rings. The number of hydrogen-bond donors (Lipinski definition) is 2. The van der Waals surface area contributed by atoms with E-state index in [1.807, 2.05) is 0 Å². The predicted octanol–water partition coefficient (Wildman–Crippen LogP) is 0.832. The van der Waals surface area contributed by atoms with Gasteiger partial charge in [0.05, 0.1) is 17.9 Å². The summed E-state index contributed by atoms with van der Waals surface area (Å²) in [6, 6.07) is 0.0323. The third kappa shape index (κ3) is 2.18. The van der Waals surface area contributed by atoms with Gasteiger partial charge < -0.3 is 5.32 Å². The molecule has 82 valence electrons. The number of aromatic amines is 1. The van der Waals surface area contributed by atoms with Crippen molar-refractivity contribution in [2.45, 2.75) is 25.8 Å². The first-order valence-electron chi connectivity index (χ1n) is 5.35. The molecule has 2 N–H and O–H groups in total. The van der Waals surface area contributed by atoms with Crippen LogP contribution in [0.15, 0.2) is 12.4 Å². The van der Waals surface area contributed by atoms with E-state index in [9.17, 15) is 4.79 Å². The van der Waals surface area contributed by atoms with Gasteiger partial charge in [-0.3, -0.25) is 14.8 Å². The van der Waals surface area contributed by atoms with Crippen molar-refractivity contribution in [3.05, 3.63) is 12.4 Å². The lowest BCUT2D eigenvalue weighted by Gasteiger charge is -2.21. The highest BCUT2D eigenvalue weighted by Crippen LogP contribution is 2.18. The number of likely N-dealkylation sites (tertiary alicyclic amines) is 1. The number of nitrogens with zero attached hydrogens (tertiary/aromatic N) is 2. The molecular weight excluding hydrogens is 192 g/mol. The Morgan fingerprint density at radius 2 is 2.67 bits per heavy atom. The topological polar surface area (TPSA) is 61.0 Å². The van der Waals surface area contributed by atoms with Crippen molar-refractivity contribution in [2.24, 2.45) is 0 Å². The summed E-state index contributed by atoms with van der Waals surface area (Å²) in [6.45, 7) is 4.05. The van der Waals surface area contributed by atoms with Gasteiger partial charge in [-0.05, 0) is 25.9 Å². The van der Waals surface area contributed by atoms with Crippen LogP contribution in [0.5, 0.6) is 0 Å². The highest BCUT2D eigenvalue weighted by atomic mass is 16.2. The molecule has 0 aliphatic carbocycles.